The minimum absolute atomic E-state index is 0.148. The average Bonchev–Trinajstić information content (AvgIpc) is 2.45. The van der Waals surface area contributed by atoms with Crippen LogP contribution in [0.2, 0.25) is 0 Å². The van der Waals surface area contributed by atoms with Crippen LogP contribution in [0, 0.1) is 0 Å². The maximum absolute atomic E-state index is 12.5. The van der Waals surface area contributed by atoms with E-state index in [9.17, 15) is 19.3 Å². The lowest BCUT2D eigenvalue weighted by Crippen LogP contribution is -2.35. The van der Waals surface area contributed by atoms with Crippen LogP contribution in [-0.4, -0.2) is 46.2 Å². The highest BCUT2D eigenvalue weighted by Crippen LogP contribution is 2.49. The molecule has 0 aliphatic rings. The maximum Gasteiger partial charge on any atom is 0.333 e. The molecule has 0 unspecified atom stereocenters. The van der Waals surface area contributed by atoms with E-state index in [1.807, 2.05) is 0 Å². The van der Waals surface area contributed by atoms with Gasteiger partial charge in [0.2, 0.25) is 0 Å². The SMILES string of the molecule is CCOP(=O)(C[C@@H](OCn1ccc(=O)[nH]c1=O)[C@H](C)O)OCC. The third-order valence-electron chi connectivity index (χ3n) is 2.92. The summed E-state index contributed by atoms with van der Waals surface area (Å²) in [6, 6.07) is 1.17. The summed E-state index contributed by atoms with van der Waals surface area (Å²) < 4.78 is 29.4. The second kappa shape index (κ2) is 9.14. The number of ether oxygens (including phenoxy) is 1. The topological polar surface area (TPSA) is 120 Å². The fourth-order valence-electron chi connectivity index (χ4n) is 1.82. The Morgan fingerprint density at radius 1 is 1.30 bits per heavy atom. The lowest BCUT2D eigenvalue weighted by Gasteiger charge is -2.25. The van der Waals surface area contributed by atoms with Gasteiger partial charge in [0.1, 0.15) is 6.73 Å². The molecular weight excluding hydrogens is 327 g/mol. The third-order valence-corrected chi connectivity index (χ3v) is 5.03. The maximum atomic E-state index is 12.5. The smallest absolute Gasteiger partial charge is 0.333 e. The molecule has 132 valence electrons. The number of H-pyrrole nitrogens is 1. The minimum atomic E-state index is -3.40. The molecule has 1 aromatic rings. The molecule has 0 bridgehead atoms. The van der Waals surface area contributed by atoms with Crippen molar-refractivity contribution in [2.75, 3.05) is 19.4 Å². The first kappa shape index (κ1) is 19.8. The predicted molar refractivity (Wildman–Crippen MR) is 83.6 cm³/mol. The van der Waals surface area contributed by atoms with Gasteiger partial charge in [-0.3, -0.25) is 18.9 Å². The van der Waals surface area contributed by atoms with E-state index >= 15 is 0 Å². The number of rotatable bonds is 10. The van der Waals surface area contributed by atoms with Gasteiger partial charge in [-0.25, -0.2) is 4.79 Å². The van der Waals surface area contributed by atoms with E-state index in [-0.39, 0.29) is 26.1 Å². The van der Waals surface area contributed by atoms with Crippen LogP contribution in [0.3, 0.4) is 0 Å². The Morgan fingerprint density at radius 3 is 2.39 bits per heavy atom. The number of nitrogens with zero attached hydrogens (tertiary/aromatic N) is 1. The molecule has 0 aliphatic carbocycles. The van der Waals surface area contributed by atoms with Crippen LogP contribution in [0.15, 0.2) is 21.9 Å². The van der Waals surface area contributed by atoms with E-state index in [1.165, 1.54) is 19.2 Å². The molecule has 10 heteroatoms. The van der Waals surface area contributed by atoms with Gasteiger partial charge in [0, 0.05) is 12.3 Å². The number of aromatic amines is 1. The van der Waals surface area contributed by atoms with Gasteiger partial charge < -0.3 is 18.9 Å². The Morgan fingerprint density at radius 2 is 1.91 bits per heavy atom. The molecule has 0 saturated carbocycles. The molecule has 1 aromatic heterocycles. The molecule has 0 aliphatic heterocycles. The lowest BCUT2D eigenvalue weighted by molar-refractivity contribution is -0.0503. The summed E-state index contributed by atoms with van der Waals surface area (Å²) in [6.07, 6.45) is -0.699. The first-order chi connectivity index (χ1) is 10.8. The highest BCUT2D eigenvalue weighted by molar-refractivity contribution is 7.53. The Bertz CT molecular complexity index is 630. The number of hydrogen-bond acceptors (Lipinski definition) is 7. The number of aliphatic hydroxyl groups is 1. The zero-order valence-corrected chi connectivity index (χ0v) is 14.3. The summed E-state index contributed by atoms with van der Waals surface area (Å²) >= 11 is 0. The summed E-state index contributed by atoms with van der Waals surface area (Å²) in [5, 5.41) is 9.80. The fourth-order valence-corrected chi connectivity index (χ4v) is 3.75. The van der Waals surface area contributed by atoms with Crippen LogP contribution in [0.25, 0.3) is 0 Å². The van der Waals surface area contributed by atoms with Crippen molar-refractivity contribution in [1.29, 1.82) is 0 Å². The zero-order chi connectivity index (χ0) is 17.5. The van der Waals surface area contributed by atoms with E-state index in [2.05, 4.69) is 4.98 Å². The van der Waals surface area contributed by atoms with Crippen molar-refractivity contribution in [3.8, 4) is 0 Å². The van der Waals surface area contributed by atoms with Gasteiger partial charge >= 0.3 is 13.3 Å². The van der Waals surface area contributed by atoms with Crippen LogP contribution in [0.1, 0.15) is 20.8 Å². The number of hydrogen-bond donors (Lipinski definition) is 2. The van der Waals surface area contributed by atoms with Gasteiger partial charge in [0.15, 0.2) is 0 Å². The highest BCUT2D eigenvalue weighted by Gasteiger charge is 2.31. The van der Waals surface area contributed by atoms with E-state index in [4.69, 9.17) is 13.8 Å². The van der Waals surface area contributed by atoms with Gasteiger partial charge in [0.25, 0.3) is 5.56 Å². The molecule has 2 N–H and O–H groups in total. The van der Waals surface area contributed by atoms with Gasteiger partial charge in [-0.2, -0.15) is 0 Å². The van der Waals surface area contributed by atoms with Gasteiger partial charge in [0.05, 0.1) is 31.6 Å². The average molecular weight is 350 g/mol. The summed E-state index contributed by atoms with van der Waals surface area (Å²) in [4.78, 5) is 24.7. The van der Waals surface area contributed by atoms with Gasteiger partial charge in [-0.15, -0.1) is 0 Å². The van der Waals surface area contributed by atoms with Gasteiger partial charge in [-0.1, -0.05) is 0 Å². The fraction of sp³-hybridized carbons (Fsp3) is 0.692. The molecule has 0 spiro atoms. The lowest BCUT2D eigenvalue weighted by atomic mass is 10.2. The third kappa shape index (κ3) is 6.40. The standard InChI is InChI=1S/C13H23N2O7P/c1-4-21-23(19,22-5-2)8-11(10(3)16)20-9-15-7-6-12(17)14-13(15)18/h6-7,10-11,16H,4-5,8-9H2,1-3H3,(H,14,17,18)/t10-,11+/m0/s1. The van der Waals surface area contributed by atoms with E-state index in [1.54, 1.807) is 13.8 Å². The predicted octanol–water partition coefficient (Wildman–Crippen LogP) is 0.526. The normalized spacial score (nSPS) is 14.6. The van der Waals surface area contributed by atoms with E-state index < -0.39 is 31.1 Å². The monoisotopic (exact) mass is 350 g/mol. The van der Waals surface area contributed by atoms with Crippen LogP contribution in [0.5, 0.6) is 0 Å². The molecule has 0 radical (unpaired) electrons. The van der Waals surface area contributed by atoms with E-state index in [0.29, 0.717) is 0 Å². The first-order valence-electron chi connectivity index (χ1n) is 7.29. The van der Waals surface area contributed by atoms with Gasteiger partial charge in [-0.05, 0) is 20.8 Å². The molecule has 1 rings (SSSR count). The van der Waals surface area contributed by atoms with Crippen molar-refractivity contribution in [2.45, 2.75) is 39.7 Å². The molecular formula is C13H23N2O7P. The van der Waals surface area contributed by atoms with Crippen LogP contribution in [-0.2, 0) is 25.1 Å². The second-order valence-electron chi connectivity index (χ2n) is 4.78. The molecule has 0 fully saturated rings. The Kier molecular flexibility index (Phi) is 7.87. The molecule has 0 saturated heterocycles. The Labute approximate surface area is 133 Å². The molecule has 0 amide bonds. The van der Waals surface area contributed by atoms with Crippen molar-refractivity contribution in [3.05, 3.63) is 33.1 Å². The summed E-state index contributed by atoms with van der Waals surface area (Å²) in [5.41, 5.74) is -1.16. The number of aliphatic hydroxyl groups excluding tert-OH is 1. The quantitative estimate of drug-likeness (QED) is 0.591. The summed E-state index contributed by atoms with van der Waals surface area (Å²) in [7, 11) is -3.40. The summed E-state index contributed by atoms with van der Waals surface area (Å²) in [5.74, 6) is 0. The molecule has 2 atom stereocenters. The van der Waals surface area contributed by atoms with Crippen LogP contribution >= 0.6 is 7.60 Å². The molecule has 0 aromatic carbocycles. The molecule has 1 heterocycles. The van der Waals surface area contributed by atoms with Crippen molar-refractivity contribution < 1.29 is 23.5 Å². The van der Waals surface area contributed by atoms with Crippen molar-refractivity contribution in [3.63, 3.8) is 0 Å². The summed E-state index contributed by atoms with van der Waals surface area (Å²) in [6.45, 7) is 5.02. The molecule has 9 nitrogen and oxygen atoms in total. The highest BCUT2D eigenvalue weighted by atomic mass is 31.2. The first-order valence-corrected chi connectivity index (χ1v) is 9.01. The second-order valence-corrected chi connectivity index (χ2v) is 6.89. The Balaban J connectivity index is 2.80. The van der Waals surface area contributed by atoms with Crippen LogP contribution in [0.4, 0.5) is 0 Å². The zero-order valence-electron chi connectivity index (χ0n) is 13.4. The van der Waals surface area contributed by atoms with E-state index in [0.717, 1.165) is 4.57 Å². The van der Waals surface area contributed by atoms with Crippen molar-refractivity contribution in [2.24, 2.45) is 0 Å². The number of aromatic nitrogens is 2. The Hall–Kier alpha value is -1.25. The minimum Gasteiger partial charge on any atom is -0.391 e. The van der Waals surface area contributed by atoms with Crippen LogP contribution < -0.4 is 11.2 Å². The largest absolute Gasteiger partial charge is 0.391 e. The van der Waals surface area contributed by atoms with Crippen molar-refractivity contribution in [1.82, 2.24) is 9.55 Å². The van der Waals surface area contributed by atoms with Crippen molar-refractivity contribution >= 4 is 7.60 Å². The molecule has 23 heavy (non-hydrogen) atoms. The number of nitrogens with one attached hydrogen (secondary N) is 1.